The SMILES string of the molecule is CCOCc1[nH]c(=O)c(C(=O)N2CCC(c3ncc(F)cc3F)C2)c(O)c1-c1c(C)cccc1OC. The predicted molar refractivity (Wildman–Crippen MR) is 128 cm³/mol. The lowest BCUT2D eigenvalue weighted by Crippen LogP contribution is -2.34. The third kappa shape index (κ3) is 4.68. The molecular weight excluding hydrogens is 472 g/mol. The first-order valence-electron chi connectivity index (χ1n) is 11.6. The van der Waals surface area contributed by atoms with E-state index in [0.29, 0.717) is 30.0 Å². The normalized spacial score (nSPS) is 15.4. The number of carbonyl (C=O) groups excluding carboxylic acids is 1. The molecule has 1 unspecified atom stereocenters. The summed E-state index contributed by atoms with van der Waals surface area (Å²) < 4.78 is 38.5. The predicted octanol–water partition coefficient (Wildman–Crippen LogP) is 3.90. The summed E-state index contributed by atoms with van der Waals surface area (Å²) in [6, 6.07) is 6.09. The third-order valence-electron chi connectivity index (χ3n) is 6.33. The van der Waals surface area contributed by atoms with Gasteiger partial charge in [-0.25, -0.2) is 8.78 Å². The zero-order valence-corrected chi connectivity index (χ0v) is 20.2. The van der Waals surface area contributed by atoms with Crippen LogP contribution >= 0.6 is 0 Å². The Bertz CT molecular complexity index is 1360. The van der Waals surface area contributed by atoms with Gasteiger partial charge in [-0.2, -0.15) is 0 Å². The first kappa shape index (κ1) is 25.3. The van der Waals surface area contributed by atoms with E-state index in [1.54, 1.807) is 19.1 Å². The Balaban J connectivity index is 1.76. The second-order valence-corrected chi connectivity index (χ2v) is 8.58. The molecule has 1 saturated heterocycles. The Morgan fingerprint density at radius 3 is 2.78 bits per heavy atom. The molecule has 1 amide bonds. The molecule has 0 aliphatic carbocycles. The number of halogens is 2. The van der Waals surface area contributed by atoms with Gasteiger partial charge >= 0.3 is 0 Å². The van der Waals surface area contributed by atoms with Gasteiger partial charge in [0.25, 0.3) is 11.5 Å². The van der Waals surface area contributed by atoms with Crippen LogP contribution in [0.3, 0.4) is 0 Å². The van der Waals surface area contributed by atoms with E-state index in [2.05, 4.69) is 9.97 Å². The molecule has 2 aromatic heterocycles. The summed E-state index contributed by atoms with van der Waals surface area (Å²) in [6.45, 7) is 4.27. The summed E-state index contributed by atoms with van der Waals surface area (Å²) in [4.78, 5) is 34.4. The van der Waals surface area contributed by atoms with Gasteiger partial charge in [0.05, 0.1) is 36.9 Å². The molecule has 0 spiro atoms. The molecule has 2 N–H and O–H groups in total. The van der Waals surface area contributed by atoms with Crippen molar-refractivity contribution in [2.45, 2.75) is 32.8 Å². The highest BCUT2D eigenvalue weighted by atomic mass is 19.1. The van der Waals surface area contributed by atoms with Crippen molar-refractivity contribution in [2.75, 3.05) is 26.8 Å². The maximum absolute atomic E-state index is 14.3. The van der Waals surface area contributed by atoms with Gasteiger partial charge in [-0.1, -0.05) is 12.1 Å². The van der Waals surface area contributed by atoms with Crippen LogP contribution in [-0.2, 0) is 11.3 Å². The van der Waals surface area contributed by atoms with Gasteiger partial charge in [-0.3, -0.25) is 14.6 Å². The fraction of sp³-hybridized carbons (Fsp3) is 0.346. The summed E-state index contributed by atoms with van der Waals surface area (Å²) in [7, 11) is 1.49. The van der Waals surface area contributed by atoms with E-state index < -0.39 is 40.3 Å². The Hall–Kier alpha value is -3.79. The van der Waals surface area contributed by atoms with E-state index in [1.165, 1.54) is 12.0 Å². The maximum atomic E-state index is 14.3. The van der Waals surface area contributed by atoms with Gasteiger partial charge in [0.2, 0.25) is 0 Å². The molecular formula is C26H27F2N3O5. The lowest BCUT2D eigenvalue weighted by Gasteiger charge is -2.21. The van der Waals surface area contributed by atoms with Gasteiger partial charge in [-0.05, 0) is 31.9 Å². The molecule has 10 heteroatoms. The van der Waals surface area contributed by atoms with E-state index in [4.69, 9.17) is 9.47 Å². The minimum absolute atomic E-state index is 0.00188. The van der Waals surface area contributed by atoms with Gasteiger partial charge in [0.15, 0.2) is 0 Å². The third-order valence-corrected chi connectivity index (χ3v) is 6.33. The van der Waals surface area contributed by atoms with Crippen LogP contribution < -0.4 is 10.3 Å². The summed E-state index contributed by atoms with van der Waals surface area (Å²) in [5.74, 6) is -2.78. The van der Waals surface area contributed by atoms with E-state index >= 15 is 0 Å². The number of ether oxygens (including phenoxy) is 2. The number of aromatic amines is 1. The Morgan fingerprint density at radius 2 is 2.08 bits per heavy atom. The zero-order valence-electron chi connectivity index (χ0n) is 20.2. The number of nitrogens with zero attached hydrogens (tertiary/aromatic N) is 2. The minimum atomic E-state index is -0.788. The van der Waals surface area contributed by atoms with Crippen LogP contribution in [0.1, 0.15) is 46.6 Å². The number of amides is 1. The summed E-state index contributed by atoms with van der Waals surface area (Å²) in [5, 5.41) is 11.3. The number of aromatic nitrogens is 2. The Labute approximate surface area is 206 Å². The number of likely N-dealkylation sites (tertiary alicyclic amines) is 1. The van der Waals surface area contributed by atoms with Gasteiger partial charge in [-0.15, -0.1) is 0 Å². The molecule has 8 nitrogen and oxygen atoms in total. The van der Waals surface area contributed by atoms with E-state index in [1.807, 2.05) is 13.0 Å². The second-order valence-electron chi connectivity index (χ2n) is 8.58. The van der Waals surface area contributed by atoms with Gasteiger partial charge in [0, 0.05) is 37.2 Å². The number of aryl methyl sites for hydroxylation is 1. The topological polar surface area (TPSA) is 105 Å². The van der Waals surface area contributed by atoms with Crippen molar-refractivity contribution in [3.05, 3.63) is 75.0 Å². The number of carbonyl (C=O) groups is 1. The second kappa shape index (κ2) is 10.4. The number of rotatable bonds is 7. The molecule has 3 aromatic rings. The van der Waals surface area contributed by atoms with Crippen LogP contribution in [0.2, 0.25) is 0 Å². The molecule has 1 fully saturated rings. The highest BCUT2D eigenvalue weighted by molar-refractivity contribution is 6.00. The zero-order chi connectivity index (χ0) is 26.0. The Kier molecular flexibility index (Phi) is 7.35. The lowest BCUT2D eigenvalue weighted by atomic mass is 9.95. The van der Waals surface area contributed by atoms with E-state index in [9.17, 15) is 23.5 Å². The van der Waals surface area contributed by atoms with Crippen LogP contribution in [0.4, 0.5) is 8.78 Å². The van der Waals surface area contributed by atoms with Crippen molar-refractivity contribution in [1.29, 1.82) is 0 Å². The quantitative estimate of drug-likeness (QED) is 0.511. The highest BCUT2D eigenvalue weighted by Gasteiger charge is 2.34. The number of H-pyrrole nitrogens is 1. The van der Waals surface area contributed by atoms with Crippen LogP contribution in [0.25, 0.3) is 11.1 Å². The van der Waals surface area contributed by atoms with E-state index in [0.717, 1.165) is 17.8 Å². The number of nitrogens with one attached hydrogen (secondary N) is 1. The largest absolute Gasteiger partial charge is 0.506 e. The molecule has 36 heavy (non-hydrogen) atoms. The summed E-state index contributed by atoms with van der Waals surface area (Å²) in [5.41, 5.74) is 0.689. The molecule has 4 rings (SSSR count). The fourth-order valence-electron chi connectivity index (χ4n) is 4.60. The molecule has 3 heterocycles. The van der Waals surface area contributed by atoms with Crippen molar-refractivity contribution in [3.63, 3.8) is 0 Å². The number of hydrogen-bond donors (Lipinski definition) is 2. The molecule has 0 saturated carbocycles. The summed E-state index contributed by atoms with van der Waals surface area (Å²) >= 11 is 0. The first-order chi connectivity index (χ1) is 17.3. The first-order valence-corrected chi connectivity index (χ1v) is 11.6. The smallest absolute Gasteiger partial charge is 0.264 e. The minimum Gasteiger partial charge on any atom is -0.506 e. The van der Waals surface area contributed by atoms with Crippen molar-refractivity contribution >= 4 is 5.91 Å². The Morgan fingerprint density at radius 1 is 1.31 bits per heavy atom. The van der Waals surface area contributed by atoms with Crippen molar-refractivity contribution in [1.82, 2.24) is 14.9 Å². The molecule has 1 atom stereocenters. The molecule has 190 valence electrons. The maximum Gasteiger partial charge on any atom is 0.264 e. The van der Waals surface area contributed by atoms with Crippen molar-refractivity contribution in [2.24, 2.45) is 0 Å². The van der Waals surface area contributed by atoms with Crippen LogP contribution in [0, 0.1) is 18.6 Å². The highest BCUT2D eigenvalue weighted by Crippen LogP contribution is 2.41. The number of aromatic hydroxyl groups is 1. The molecule has 0 radical (unpaired) electrons. The average molecular weight is 500 g/mol. The lowest BCUT2D eigenvalue weighted by molar-refractivity contribution is 0.0785. The van der Waals surface area contributed by atoms with E-state index in [-0.39, 0.29) is 31.0 Å². The fourth-order valence-corrected chi connectivity index (χ4v) is 4.60. The van der Waals surface area contributed by atoms with Crippen LogP contribution in [0.15, 0.2) is 35.3 Å². The average Bonchev–Trinajstić information content (AvgIpc) is 3.33. The molecule has 1 aliphatic heterocycles. The molecule has 0 bridgehead atoms. The number of pyridine rings is 2. The number of hydrogen-bond acceptors (Lipinski definition) is 6. The van der Waals surface area contributed by atoms with Gasteiger partial charge < -0.3 is 24.5 Å². The number of benzene rings is 1. The van der Waals surface area contributed by atoms with Crippen LogP contribution in [0.5, 0.6) is 11.5 Å². The van der Waals surface area contributed by atoms with Crippen molar-refractivity contribution in [3.8, 4) is 22.6 Å². The molecule has 1 aromatic carbocycles. The molecule has 1 aliphatic rings. The van der Waals surface area contributed by atoms with Crippen molar-refractivity contribution < 1.29 is 28.2 Å². The summed E-state index contributed by atoms with van der Waals surface area (Å²) in [6.07, 6.45) is 1.30. The standard InChI is InChI=1S/C26H27F2N3O5/c1-4-36-13-18-21(20-14(2)6-5-7-19(20)35-3)24(32)22(25(33)30-18)26(34)31-9-8-15(12-31)23-17(28)10-16(27)11-29-23/h5-7,10-11,15H,4,8-9,12-13H2,1-3H3,(H2,30,32,33). The van der Waals surface area contributed by atoms with Crippen LogP contribution in [-0.4, -0.2) is 52.7 Å². The van der Waals surface area contributed by atoms with Gasteiger partial charge in [0.1, 0.15) is 28.7 Å². The monoisotopic (exact) mass is 499 g/mol. The number of methoxy groups -OCH3 is 1.